The van der Waals surface area contributed by atoms with E-state index in [0.717, 1.165) is 33.2 Å². The van der Waals surface area contributed by atoms with Crippen LogP contribution in [0.5, 0.6) is 0 Å². The second kappa shape index (κ2) is 4.67. The average Bonchev–Trinajstić information content (AvgIpc) is 2.53. The van der Waals surface area contributed by atoms with Crippen LogP contribution in [0, 0.1) is 4.77 Å². The third kappa shape index (κ3) is 2.06. The predicted molar refractivity (Wildman–Crippen MR) is 72.2 cm³/mol. The van der Waals surface area contributed by atoms with E-state index in [9.17, 15) is 0 Å². The molecule has 1 atom stereocenters. The van der Waals surface area contributed by atoms with E-state index < -0.39 is 0 Å². The summed E-state index contributed by atoms with van der Waals surface area (Å²) in [6.45, 7) is 4.36. The molecule has 2 aromatic heterocycles. The molecule has 1 unspecified atom stereocenters. The average molecular weight is 300 g/mol. The van der Waals surface area contributed by atoms with Crippen molar-refractivity contribution in [3.63, 3.8) is 0 Å². The minimum Gasteiger partial charge on any atom is -0.329 e. The predicted octanol–water partition coefficient (Wildman–Crippen LogP) is 4.22. The molecule has 0 amide bonds. The number of aromatic amines is 1. The summed E-state index contributed by atoms with van der Waals surface area (Å²) in [7, 11) is 0. The van der Waals surface area contributed by atoms with E-state index in [2.05, 4.69) is 44.3 Å². The van der Waals surface area contributed by atoms with Gasteiger partial charge in [-0.2, -0.15) is 0 Å². The number of hydrogen-bond acceptors (Lipinski definition) is 2. The molecule has 0 spiro atoms. The largest absolute Gasteiger partial charge is 0.329 e. The van der Waals surface area contributed by atoms with E-state index in [0.29, 0.717) is 6.04 Å². The van der Waals surface area contributed by atoms with Crippen molar-refractivity contribution in [3.8, 4) is 0 Å². The molecule has 3 nitrogen and oxygen atoms in total. The van der Waals surface area contributed by atoms with Gasteiger partial charge in [-0.3, -0.25) is 4.57 Å². The first kappa shape index (κ1) is 11.8. The van der Waals surface area contributed by atoms with Crippen molar-refractivity contribution in [1.29, 1.82) is 0 Å². The Morgan fingerprint density at radius 2 is 2.38 bits per heavy atom. The molecule has 0 bridgehead atoms. The smallest absolute Gasteiger partial charge is 0.179 e. The van der Waals surface area contributed by atoms with Gasteiger partial charge in [0.25, 0.3) is 0 Å². The van der Waals surface area contributed by atoms with Crippen LogP contribution < -0.4 is 0 Å². The first-order chi connectivity index (χ1) is 7.63. The van der Waals surface area contributed by atoms with Crippen molar-refractivity contribution in [1.82, 2.24) is 14.5 Å². The van der Waals surface area contributed by atoms with E-state index in [1.54, 1.807) is 6.20 Å². The summed E-state index contributed by atoms with van der Waals surface area (Å²) in [5, 5.41) is 0. The van der Waals surface area contributed by atoms with Crippen molar-refractivity contribution in [2.24, 2.45) is 0 Å². The third-order valence-corrected chi connectivity index (χ3v) is 3.40. The SMILES string of the molecule is CCCC(C)n1c(=S)[nH]c2cc(Br)cnc21. The highest BCUT2D eigenvalue weighted by Crippen LogP contribution is 2.22. The second-order valence-electron chi connectivity index (χ2n) is 3.96. The van der Waals surface area contributed by atoms with Crippen LogP contribution in [0.1, 0.15) is 32.7 Å². The second-order valence-corrected chi connectivity index (χ2v) is 5.26. The Hall–Kier alpha value is -0.680. The fourth-order valence-electron chi connectivity index (χ4n) is 1.94. The Kier molecular flexibility index (Phi) is 3.44. The first-order valence-electron chi connectivity index (χ1n) is 5.39. The molecule has 1 N–H and O–H groups in total. The Labute approximate surface area is 108 Å². The minimum absolute atomic E-state index is 0.389. The van der Waals surface area contributed by atoms with Gasteiger partial charge >= 0.3 is 0 Å². The van der Waals surface area contributed by atoms with E-state index >= 15 is 0 Å². The van der Waals surface area contributed by atoms with Gasteiger partial charge in [0.1, 0.15) is 0 Å². The monoisotopic (exact) mass is 299 g/mol. The van der Waals surface area contributed by atoms with Crippen LogP contribution in [0.15, 0.2) is 16.7 Å². The molecule has 86 valence electrons. The molecular weight excluding hydrogens is 286 g/mol. The molecule has 5 heteroatoms. The Morgan fingerprint density at radius 3 is 3.06 bits per heavy atom. The number of fused-ring (bicyclic) bond motifs is 1. The zero-order valence-electron chi connectivity index (χ0n) is 9.33. The number of pyridine rings is 1. The number of hydrogen-bond donors (Lipinski definition) is 1. The maximum Gasteiger partial charge on any atom is 0.179 e. The third-order valence-electron chi connectivity index (χ3n) is 2.67. The lowest BCUT2D eigenvalue weighted by atomic mass is 10.2. The fraction of sp³-hybridized carbons (Fsp3) is 0.455. The number of aromatic nitrogens is 3. The molecule has 0 saturated heterocycles. The molecular formula is C11H14BrN3S. The summed E-state index contributed by atoms with van der Waals surface area (Å²) >= 11 is 8.75. The van der Waals surface area contributed by atoms with Crippen LogP contribution in [0.3, 0.4) is 0 Å². The zero-order chi connectivity index (χ0) is 11.7. The van der Waals surface area contributed by atoms with E-state index in [1.165, 1.54) is 0 Å². The number of H-pyrrole nitrogens is 1. The van der Waals surface area contributed by atoms with Gasteiger partial charge in [0.2, 0.25) is 0 Å². The van der Waals surface area contributed by atoms with E-state index in [1.807, 2.05) is 6.07 Å². The summed E-state index contributed by atoms with van der Waals surface area (Å²) in [6.07, 6.45) is 4.06. The molecule has 16 heavy (non-hydrogen) atoms. The van der Waals surface area contributed by atoms with Crippen LogP contribution >= 0.6 is 28.1 Å². The number of rotatable bonds is 3. The lowest BCUT2D eigenvalue weighted by molar-refractivity contribution is 0.505. The lowest BCUT2D eigenvalue weighted by Gasteiger charge is -2.12. The first-order valence-corrected chi connectivity index (χ1v) is 6.59. The van der Waals surface area contributed by atoms with Crippen molar-refractivity contribution in [3.05, 3.63) is 21.5 Å². The normalized spacial score (nSPS) is 13.2. The maximum absolute atomic E-state index is 5.34. The van der Waals surface area contributed by atoms with Crippen molar-refractivity contribution < 1.29 is 0 Å². The van der Waals surface area contributed by atoms with Gasteiger partial charge in [0, 0.05) is 16.7 Å². The molecule has 0 aliphatic heterocycles. The molecule has 2 heterocycles. The van der Waals surface area contributed by atoms with E-state index in [4.69, 9.17) is 12.2 Å². The molecule has 2 aromatic rings. The fourth-order valence-corrected chi connectivity index (χ4v) is 2.65. The van der Waals surface area contributed by atoms with Gasteiger partial charge in [-0.25, -0.2) is 4.98 Å². The van der Waals surface area contributed by atoms with Gasteiger partial charge in [0.15, 0.2) is 10.4 Å². The van der Waals surface area contributed by atoms with E-state index in [-0.39, 0.29) is 0 Å². The van der Waals surface area contributed by atoms with Gasteiger partial charge in [-0.15, -0.1) is 0 Å². The molecule has 0 saturated carbocycles. The molecule has 0 fully saturated rings. The quantitative estimate of drug-likeness (QED) is 0.861. The number of halogens is 1. The summed E-state index contributed by atoms with van der Waals surface area (Å²) < 4.78 is 3.81. The number of nitrogens with zero attached hydrogens (tertiary/aromatic N) is 2. The maximum atomic E-state index is 5.34. The Morgan fingerprint density at radius 1 is 1.62 bits per heavy atom. The Balaban J connectivity index is 2.60. The lowest BCUT2D eigenvalue weighted by Crippen LogP contribution is -2.05. The Bertz CT molecular complexity index is 558. The highest BCUT2D eigenvalue weighted by molar-refractivity contribution is 9.10. The molecule has 0 radical (unpaired) electrons. The standard InChI is InChI=1S/C11H14BrN3S/c1-3-4-7(2)15-10-9(14-11(15)16)5-8(12)6-13-10/h5-7H,3-4H2,1-2H3,(H,14,16). The molecule has 0 aromatic carbocycles. The highest BCUT2D eigenvalue weighted by atomic mass is 79.9. The van der Waals surface area contributed by atoms with Crippen LogP contribution in [-0.2, 0) is 0 Å². The van der Waals surface area contributed by atoms with Crippen LogP contribution in [-0.4, -0.2) is 14.5 Å². The zero-order valence-corrected chi connectivity index (χ0v) is 11.7. The van der Waals surface area contributed by atoms with Gasteiger partial charge in [-0.1, -0.05) is 13.3 Å². The molecule has 0 aliphatic rings. The molecule has 2 rings (SSSR count). The summed E-state index contributed by atoms with van der Waals surface area (Å²) in [4.78, 5) is 7.62. The number of nitrogens with one attached hydrogen (secondary N) is 1. The highest BCUT2D eigenvalue weighted by Gasteiger charge is 2.11. The summed E-state index contributed by atoms with van der Waals surface area (Å²) in [6, 6.07) is 2.40. The topological polar surface area (TPSA) is 33.6 Å². The summed E-state index contributed by atoms with van der Waals surface area (Å²) in [5.41, 5.74) is 1.93. The van der Waals surface area contributed by atoms with Crippen LogP contribution in [0.2, 0.25) is 0 Å². The van der Waals surface area contributed by atoms with Gasteiger partial charge < -0.3 is 4.98 Å². The van der Waals surface area contributed by atoms with Gasteiger partial charge in [-0.05, 0) is 47.6 Å². The van der Waals surface area contributed by atoms with Crippen molar-refractivity contribution in [2.45, 2.75) is 32.7 Å². The van der Waals surface area contributed by atoms with Crippen LogP contribution in [0.25, 0.3) is 11.2 Å². The van der Waals surface area contributed by atoms with Gasteiger partial charge in [0.05, 0.1) is 5.52 Å². The van der Waals surface area contributed by atoms with Crippen LogP contribution in [0.4, 0.5) is 0 Å². The van der Waals surface area contributed by atoms with Crippen molar-refractivity contribution in [2.75, 3.05) is 0 Å². The molecule has 0 aliphatic carbocycles. The number of imidazole rings is 1. The minimum atomic E-state index is 0.389. The summed E-state index contributed by atoms with van der Waals surface area (Å²) in [5.74, 6) is 0. The van der Waals surface area contributed by atoms with Crippen molar-refractivity contribution >= 4 is 39.3 Å².